The Morgan fingerprint density at radius 1 is 0.875 bits per heavy atom. The van der Waals surface area contributed by atoms with E-state index in [2.05, 4.69) is 0 Å². The third-order valence-electron chi connectivity index (χ3n) is 12.4. The number of allylic oxidation sites excluding steroid dienone is 3. The zero-order valence-electron chi connectivity index (χ0n) is 38.5. The van der Waals surface area contributed by atoms with Gasteiger partial charge in [-0.1, -0.05) is 77.0 Å². The van der Waals surface area contributed by atoms with Gasteiger partial charge in [-0.05, 0) is 38.2 Å². The first kappa shape index (κ1) is 52.4. The van der Waals surface area contributed by atoms with Gasteiger partial charge < -0.3 is 58.3 Å². The van der Waals surface area contributed by atoms with Crippen molar-refractivity contribution in [3.05, 3.63) is 59.8 Å². The van der Waals surface area contributed by atoms with Crippen LogP contribution < -0.4 is 0 Å². The summed E-state index contributed by atoms with van der Waals surface area (Å²) in [7, 11) is 2.40. The van der Waals surface area contributed by atoms with Gasteiger partial charge in [0.2, 0.25) is 5.79 Å². The second kappa shape index (κ2) is 22.3. The Bertz CT molecular complexity index is 1830. The summed E-state index contributed by atoms with van der Waals surface area (Å²) < 4.78 is 46.7. The quantitative estimate of drug-likeness (QED) is 0.0830. The van der Waals surface area contributed by atoms with Gasteiger partial charge in [0.25, 0.3) is 0 Å². The molecule has 11 atom stereocenters. The molecule has 3 saturated heterocycles. The summed E-state index contributed by atoms with van der Waals surface area (Å²) in [5.41, 5.74) is -2.06. The SMILES string of the molecule is CCC/C=C/C=C/C(=O)O[C@H]1C(=CC(=O)OC)C[C@H]2C[C@H]([C@@H](C)O)OC(=O)C[C@H](O)C[C@@H]3C[C@H](OC(C)=O)C(C)(C)[C@](O)(C[C@@H]4C/C(=C/C(=O)OC)C[C@H](/C=C\C(C)(C)[C@]1(O)O2)O4)O3. The lowest BCUT2D eigenvalue weighted by molar-refractivity contribution is -0.348. The fourth-order valence-corrected chi connectivity index (χ4v) is 8.57. The topological polar surface area (TPSA) is 240 Å². The maximum Gasteiger partial charge on any atom is 0.331 e. The Morgan fingerprint density at radius 2 is 1.56 bits per heavy atom. The number of rotatable bonds is 9. The molecular formula is C47H68O17. The van der Waals surface area contributed by atoms with Gasteiger partial charge in [0, 0.05) is 56.3 Å². The largest absolute Gasteiger partial charge is 0.466 e. The van der Waals surface area contributed by atoms with Crippen molar-refractivity contribution in [1.29, 1.82) is 0 Å². The van der Waals surface area contributed by atoms with E-state index in [9.17, 15) is 44.4 Å². The third-order valence-corrected chi connectivity index (χ3v) is 12.4. The average Bonchev–Trinajstić information content (AvgIpc) is 3.19. The molecule has 6 bridgehead atoms. The molecular weight excluding hydrogens is 836 g/mol. The Labute approximate surface area is 375 Å². The highest BCUT2D eigenvalue weighted by atomic mass is 16.7. The van der Waals surface area contributed by atoms with Crippen LogP contribution in [0.25, 0.3) is 0 Å². The molecule has 0 aromatic carbocycles. The van der Waals surface area contributed by atoms with Crippen LogP contribution in [0.1, 0.15) is 113 Å². The van der Waals surface area contributed by atoms with Gasteiger partial charge in [-0.2, -0.15) is 0 Å². The number of esters is 5. The molecule has 0 spiro atoms. The zero-order valence-corrected chi connectivity index (χ0v) is 38.5. The zero-order chi connectivity index (χ0) is 47.6. The van der Waals surface area contributed by atoms with Crippen molar-refractivity contribution in [2.24, 2.45) is 10.8 Å². The smallest absolute Gasteiger partial charge is 0.331 e. The lowest BCUT2D eigenvalue weighted by atomic mass is 9.70. The summed E-state index contributed by atoms with van der Waals surface area (Å²) in [4.78, 5) is 64.7. The van der Waals surface area contributed by atoms with Crippen LogP contribution in [0.2, 0.25) is 0 Å². The van der Waals surface area contributed by atoms with Crippen LogP contribution >= 0.6 is 0 Å². The maximum atomic E-state index is 13.4. The van der Waals surface area contributed by atoms with Crippen LogP contribution in [0.5, 0.6) is 0 Å². The average molecular weight is 905 g/mol. The fourth-order valence-electron chi connectivity index (χ4n) is 8.57. The number of carbonyl (C=O) groups is 5. The Balaban J connectivity index is 1.89. The Kier molecular flexibility index (Phi) is 18.3. The van der Waals surface area contributed by atoms with Gasteiger partial charge in [-0.25, -0.2) is 14.4 Å². The minimum Gasteiger partial charge on any atom is -0.466 e. The number of fused-ring (bicyclic) bond motifs is 6. The van der Waals surface area contributed by atoms with E-state index in [0.29, 0.717) is 5.57 Å². The van der Waals surface area contributed by atoms with Gasteiger partial charge in [0.1, 0.15) is 12.2 Å². The predicted octanol–water partition coefficient (Wildman–Crippen LogP) is 4.28. The van der Waals surface area contributed by atoms with Crippen molar-refractivity contribution < 1.29 is 82.3 Å². The van der Waals surface area contributed by atoms with E-state index in [4.69, 9.17) is 37.9 Å². The van der Waals surface area contributed by atoms with E-state index in [0.717, 1.165) is 32.1 Å². The predicted molar refractivity (Wildman–Crippen MR) is 228 cm³/mol. The molecule has 0 aromatic heterocycles. The molecule has 4 aliphatic rings. The lowest BCUT2D eigenvalue weighted by Crippen LogP contribution is -2.62. The number of aliphatic hydroxyl groups is 4. The third kappa shape index (κ3) is 13.4. The first-order chi connectivity index (χ1) is 29.9. The van der Waals surface area contributed by atoms with E-state index in [-0.39, 0.29) is 50.5 Å². The molecule has 0 unspecified atom stereocenters. The number of unbranched alkanes of at least 4 members (excludes halogenated alkanes) is 1. The molecule has 4 heterocycles. The number of aliphatic hydroxyl groups excluding tert-OH is 2. The molecule has 0 radical (unpaired) electrons. The van der Waals surface area contributed by atoms with Gasteiger partial charge in [0.15, 0.2) is 11.9 Å². The van der Waals surface area contributed by atoms with Crippen molar-refractivity contribution >= 4 is 29.8 Å². The van der Waals surface area contributed by atoms with E-state index in [1.807, 2.05) is 13.0 Å². The summed E-state index contributed by atoms with van der Waals surface area (Å²) in [6.07, 6.45) is 2.55. The van der Waals surface area contributed by atoms with Gasteiger partial charge in [-0.15, -0.1) is 0 Å². The van der Waals surface area contributed by atoms with E-state index >= 15 is 0 Å². The van der Waals surface area contributed by atoms with Crippen molar-refractivity contribution in [2.75, 3.05) is 14.2 Å². The van der Waals surface area contributed by atoms with Crippen molar-refractivity contribution in [3.63, 3.8) is 0 Å². The number of ether oxygens (including phenoxy) is 8. The number of hydrogen-bond acceptors (Lipinski definition) is 17. The number of methoxy groups -OCH3 is 2. The highest BCUT2D eigenvalue weighted by molar-refractivity contribution is 5.85. The van der Waals surface area contributed by atoms with Crippen LogP contribution in [0.3, 0.4) is 0 Å². The van der Waals surface area contributed by atoms with Gasteiger partial charge in [0.05, 0.1) is 62.7 Å². The molecule has 3 fully saturated rings. The van der Waals surface area contributed by atoms with Crippen molar-refractivity contribution in [3.8, 4) is 0 Å². The van der Waals surface area contributed by atoms with Crippen LogP contribution in [0.15, 0.2) is 59.8 Å². The van der Waals surface area contributed by atoms with E-state index in [1.165, 1.54) is 33.1 Å². The van der Waals surface area contributed by atoms with Crippen molar-refractivity contribution in [1.82, 2.24) is 0 Å². The lowest BCUT2D eigenvalue weighted by Gasteiger charge is -2.53. The number of hydrogen-bond donors (Lipinski definition) is 4. The second-order valence-electron chi connectivity index (χ2n) is 18.3. The van der Waals surface area contributed by atoms with Crippen LogP contribution in [-0.4, -0.2) is 131 Å². The molecule has 17 nitrogen and oxygen atoms in total. The summed E-state index contributed by atoms with van der Waals surface area (Å²) in [5, 5.41) is 47.5. The number of carbonyl (C=O) groups excluding carboxylic acids is 5. The molecule has 358 valence electrons. The van der Waals surface area contributed by atoms with Gasteiger partial charge >= 0.3 is 29.8 Å². The van der Waals surface area contributed by atoms with E-state index < -0.39 is 114 Å². The standard InChI is InChI=1S/C47H68O17/c1-10-11-12-13-14-15-39(51)62-43-31(22-41(53)58-9)21-34-25-37(28(2)48)61-42(54)24-32(50)23-35-26-38(59-29(3)49)45(6,7)46(55,63-35)27-36-19-30(20-40(52)57-8)18-33(60-36)16-17-44(4,5)47(43,56)64-34/h12-17,20,22,28,32-38,43,48,50,55-56H,10-11,18-19,21,23-27H2,1-9H3/b13-12+,15-14+,17-16-,30-20+,31-22?/t28-,32-,33+,34+,35-,36+,37-,38+,43+,46+,47-/m1/s1. The first-order valence-corrected chi connectivity index (χ1v) is 21.9. The molecule has 0 saturated carbocycles. The summed E-state index contributed by atoms with van der Waals surface area (Å²) in [6.45, 7) is 11.2. The van der Waals surface area contributed by atoms with Crippen LogP contribution in [0, 0.1) is 10.8 Å². The van der Waals surface area contributed by atoms with Crippen LogP contribution in [0.4, 0.5) is 0 Å². The first-order valence-electron chi connectivity index (χ1n) is 21.9. The summed E-state index contributed by atoms with van der Waals surface area (Å²) >= 11 is 0. The molecule has 4 aliphatic heterocycles. The van der Waals surface area contributed by atoms with Crippen LogP contribution in [-0.2, 0) is 61.9 Å². The minimum absolute atomic E-state index is 0.0721. The summed E-state index contributed by atoms with van der Waals surface area (Å²) in [6, 6.07) is 0. The molecule has 64 heavy (non-hydrogen) atoms. The molecule has 17 heteroatoms. The van der Waals surface area contributed by atoms with Gasteiger partial charge in [-0.3, -0.25) is 9.59 Å². The molecule has 4 N–H and O–H groups in total. The number of cyclic esters (lactones) is 1. The maximum absolute atomic E-state index is 13.4. The fraction of sp³-hybridized carbons (Fsp3) is 0.681. The van der Waals surface area contributed by atoms with Crippen molar-refractivity contribution in [2.45, 2.75) is 179 Å². The van der Waals surface area contributed by atoms with E-state index in [1.54, 1.807) is 45.9 Å². The molecule has 0 amide bonds. The minimum atomic E-state index is -2.47. The normalized spacial score (nSPS) is 35.8. The second-order valence-corrected chi connectivity index (χ2v) is 18.3. The summed E-state index contributed by atoms with van der Waals surface area (Å²) in [5.74, 6) is -8.31. The Hall–Kier alpha value is -4.23. The highest BCUT2D eigenvalue weighted by Gasteiger charge is 2.59. The molecule has 4 rings (SSSR count). The highest BCUT2D eigenvalue weighted by Crippen LogP contribution is 2.50. The molecule has 0 aliphatic carbocycles. The Morgan fingerprint density at radius 3 is 2.20 bits per heavy atom. The molecule has 0 aromatic rings. The monoisotopic (exact) mass is 904 g/mol.